The van der Waals surface area contributed by atoms with E-state index < -0.39 is 10.0 Å². The summed E-state index contributed by atoms with van der Waals surface area (Å²) in [6.45, 7) is 0. The third kappa shape index (κ3) is 2.73. The summed E-state index contributed by atoms with van der Waals surface area (Å²) in [6, 6.07) is 23.4. The Balaban J connectivity index is 2.02. The fraction of sp³-hybridized carbons (Fsp3) is 0. The van der Waals surface area contributed by atoms with Gasteiger partial charge in [-0.1, -0.05) is 78.3 Å². The smallest absolute Gasteiger partial charge is 0.261 e. The third-order valence-electron chi connectivity index (χ3n) is 4.16. The molecule has 0 spiro atoms. The number of sulfonamides is 1. The van der Waals surface area contributed by atoms with Crippen molar-refractivity contribution in [2.75, 3.05) is 4.72 Å². The van der Waals surface area contributed by atoms with Gasteiger partial charge in [-0.05, 0) is 12.1 Å². The number of hydrogen-bond donors (Lipinski definition) is 1. The van der Waals surface area contributed by atoms with Crippen LogP contribution in [0.1, 0.15) is 0 Å². The fourth-order valence-electron chi connectivity index (χ4n) is 2.98. The Morgan fingerprint density at radius 1 is 0.640 bits per heavy atom. The molecule has 0 aromatic heterocycles. The summed E-state index contributed by atoms with van der Waals surface area (Å²) in [6.07, 6.45) is 0. The summed E-state index contributed by atoms with van der Waals surface area (Å²) in [5, 5.41) is 3.78. The van der Waals surface area contributed by atoms with E-state index in [2.05, 4.69) is 4.72 Å². The lowest BCUT2D eigenvalue weighted by molar-refractivity contribution is 0.601. The van der Waals surface area contributed by atoms with Crippen molar-refractivity contribution in [3.63, 3.8) is 0 Å². The SMILES string of the molecule is O=S(=O)(Nc1c2ccccc2c(Cl)c2ccccc12)c1ccccc1. The molecular weight excluding hydrogens is 354 g/mol. The van der Waals surface area contributed by atoms with Gasteiger partial charge in [0.25, 0.3) is 10.0 Å². The molecule has 3 nitrogen and oxygen atoms in total. The van der Waals surface area contributed by atoms with Crippen molar-refractivity contribution >= 4 is 48.9 Å². The molecule has 4 aromatic rings. The van der Waals surface area contributed by atoms with Gasteiger partial charge >= 0.3 is 0 Å². The highest BCUT2D eigenvalue weighted by atomic mass is 35.5. The van der Waals surface area contributed by atoms with E-state index in [4.69, 9.17) is 11.6 Å². The van der Waals surface area contributed by atoms with Crippen LogP contribution in [-0.4, -0.2) is 8.42 Å². The molecule has 0 bridgehead atoms. The highest BCUT2D eigenvalue weighted by Gasteiger charge is 2.19. The van der Waals surface area contributed by atoms with Gasteiger partial charge in [-0.3, -0.25) is 4.72 Å². The molecule has 4 rings (SSSR count). The van der Waals surface area contributed by atoms with Gasteiger partial charge in [-0.25, -0.2) is 8.42 Å². The lowest BCUT2D eigenvalue weighted by Crippen LogP contribution is -2.13. The van der Waals surface area contributed by atoms with Gasteiger partial charge in [0.1, 0.15) is 0 Å². The average molecular weight is 368 g/mol. The Hall–Kier alpha value is -2.56. The standard InChI is InChI=1S/C20H14ClNO2S/c21-19-15-10-4-6-12-17(15)20(18-13-7-5-11-16(18)19)22-25(23,24)14-8-2-1-3-9-14/h1-13,22H. The van der Waals surface area contributed by atoms with Crippen molar-refractivity contribution in [3.8, 4) is 0 Å². The maximum Gasteiger partial charge on any atom is 0.261 e. The summed E-state index contributed by atoms with van der Waals surface area (Å²) in [7, 11) is -3.70. The molecule has 0 amide bonds. The zero-order chi connectivity index (χ0) is 17.4. The summed E-state index contributed by atoms with van der Waals surface area (Å²) in [5.41, 5.74) is 0.541. The van der Waals surface area contributed by atoms with Crippen molar-refractivity contribution < 1.29 is 8.42 Å². The number of benzene rings is 4. The largest absolute Gasteiger partial charge is 0.278 e. The van der Waals surface area contributed by atoms with Crippen LogP contribution in [0, 0.1) is 0 Å². The van der Waals surface area contributed by atoms with E-state index in [0.717, 1.165) is 21.5 Å². The van der Waals surface area contributed by atoms with Crippen LogP contribution in [0.15, 0.2) is 83.8 Å². The highest BCUT2D eigenvalue weighted by molar-refractivity contribution is 7.92. The summed E-state index contributed by atoms with van der Waals surface area (Å²) < 4.78 is 28.4. The van der Waals surface area contributed by atoms with E-state index in [9.17, 15) is 8.42 Å². The van der Waals surface area contributed by atoms with Gasteiger partial charge in [0.05, 0.1) is 15.6 Å². The van der Waals surface area contributed by atoms with Crippen molar-refractivity contribution in [3.05, 3.63) is 83.9 Å². The first kappa shape index (κ1) is 15.9. The molecule has 0 radical (unpaired) electrons. The molecule has 0 atom stereocenters. The molecule has 0 aliphatic rings. The second kappa shape index (κ2) is 6.06. The molecule has 5 heteroatoms. The van der Waals surface area contributed by atoms with E-state index in [1.807, 2.05) is 48.5 Å². The van der Waals surface area contributed by atoms with E-state index in [1.54, 1.807) is 30.3 Å². The molecule has 0 aliphatic carbocycles. The molecule has 0 saturated heterocycles. The lowest BCUT2D eigenvalue weighted by atomic mass is 10.0. The number of fused-ring (bicyclic) bond motifs is 2. The molecule has 25 heavy (non-hydrogen) atoms. The Morgan fingerprint density at radius 2 is 1.08 bits per heavy atom. The Kier molecular flexibility index (Phi) is 3.86. The van der Waals surface area contributed by atoms with Crippen molar-refractivity contribution in [2.45, 2.75) is 4.90 Å². The van der Waals surface area contributed by atoms with Crippen LogP contribution in [0.4, 0.5) is 5.69 Å². The average Bonchev–Trinajstić information content (AvgIpc) is 2.66. The van der Waals surface area contributed by atoms with Gasteiger partial charge in [0, 0.05) is 21.5 Å². The van der Waals surface area contributed by atoms with Gasteiger partial charge < -0.3 is 0 Å². The van der Waals surface area contributed by atoms with Gasteiger partial charge in [-0.2, -0.15) is 0 Å². The molecular formula is C20H14ClNO2S. The molecule has 0 aliphatic heterocycles. The normalized spacial score (nSPS) is 11.7. The molecule has 0 fully saturated rings. The molecule has 0 heterocycles. The summed E-state index contributed by atoms with van der Waals surface area (Å²) in [5.74, 6) is 0. The van der Waals surface area contributed by atoms with E-state index in [1.165, 1.54) is 0 Å². The number of halogens is 1. The van der Waals surface area contributed by atoms with Crippen LogP contribution in [0.25, 0.3) is 21.5 Å². The van der Waals surface area contributed by atoms with Crippen molar-refractivity contribution in [1.82, 2.24) is 0 Å². The van der Waals surface area contributed by atoms with Crippen LogP contribution in [-0.2, 0) is 10.0 Å². The fourth-order valence-corrected chi connectivity index (χ4v) is 4.43. The Bertz CT molecular complexity index is 1130. The first-order valence-electron chi connectivity index (χ1n) is 7.75. The van der Waals surface area contributed by atoms with Crippen LogP contribution in [0.5, 0.6) is 0 Å². The zero-order valence-corrected chi connectivity index (χ0v) is 14.7. The zero-order valence-electron chi connectivity index (χ0n) is 13.1. The Morgan fingerprint density at radius 3 is 1.60 bits per heavy atom. The van der Waals surface area contributed by atoms with Crippen LogP contribution in [0.3, 0.4) is 0 Å². The van der Waals surface area contributed by atoms with Crippen LogP contribution in [0.2, 0.25) is 5.02 Å². The maximum atomic E-state index is 12.8. The van der Waals surface area contributed by atoms with Crippen molar-refractivity contribution in [2.24, 2.45) is 0 Å². The number of hydrogen-bond acceptors (Lipinski definition) is 2. The second-order valence-corrected chi connectivity index (χ2v) is 7.76. The van der Waals surface area contributed by atoms with Crippen LogP contribution < -0.4 is 4.72 Å². The monoisotopic (exact) mass is 367 g/mol. The summed E-state index contributed by atoms with van der Waals surface area (Å²) >= 11 is 6.56. The molecule has 0 saturated carbocycles. The molecule has 4 aromatic carbocycles. The first-order valence-corrected chi connectivity index (χ1v) is 9.61. The van der Waals surface area contributed by atoms with E-state index in [0.29, 0.717) is 10.7 Å². The second-order valence-electron chi connectivity index (χ2n) is 5.70. The predicted octanol–water partition coefficient (Wildman–Crippen LogP) is 5.45. The maximum absolute atomic E-state index is 12.8. The quantitative estimate of drug-likeness (QED) is 0.489. The number of anilines is 1. The number of nitrogens with one attached hydrogen (secondary N) is 1. The van der Waals surface area contributed by atoms with Crippen LogP contribution >= 0.6 is 11.6 Å². The Labute approximate surface area is 150 Å². The minimum atomic E-state index is -3.70. The topological polar surface area (TPSA) is 46.2 Å². The van der Waals surface area contributed by atoms with E-state index >= 15 is 0 Å². The molecule has 0 unspecified atom stereocenters. The minimum absolute atomic E-state index is 0.220. The summed E-state index contributed by atoms with van der Waals surface area (Å²) in [4.78, 5) is 0.220. The molecule has 124 valence electrons. The third-order valence-corrected chi connectivity index (χ3v) is 5.93. The van der Waals surface area contributed by atoms with E-state index in [-0.39, 0.29) is 4.90 Å². The number of rotatable bonds is 3. The van der Waals surface area contributed by atoms with Crippen molar-refractivity contribution in [1.29, 1.82) is 0 Å². The highest BCUT2D eigenvalue weighted by Crippen LogP contribution is 2.39. The predicted molar refractivity (Wildman–Crippen MR) is 104 cm³/mol. The molecule has 1 N–H and O–H groups in total. The first-order chi connectivity index (χ1) is 12.1. The van der Waals surface area contributed by atoms with Gasteiger partial charge in [-0.15, -0.1) is 0 Å². The van der Waals surface area contributed by atoms with Gasteiger partial charge in [0.2, 0.25) is 0 Å². The minimum Gasteiger partial charge on any atom is -0.278 e. The lowest BCUT2D eigenvalue weighted by Gasteiger charge is -2.15. The van der Waals surface area contributed by atoms with Gasteiger partial charge in [0.15, 0.2) is 0 Å².